The first-order valence-electron chi connectivity index (χ1n) is 8.73. The van der Waals surface area contributed by atoms with Crippen molar-refractivity contribution in [1.82, 2.24) is 10.2 Å². The SMILES string of the molecule is CCCCCC(NCC)C1(N(CC)CC)CCCC1. The summed E-state index contributed by atoms with van der Waals surface area (Å²) in [6, 6.07) is 0.700. The van der Waals surface area contributed by atoms with Crippen molar-refractivity contribution in [3.63, 3.8) is 0 Å². The second-order valence-corrected chi connectivity index (χ2v) is 6.09. The summed E-state index contributed by atoms with van der Waals surface area (Å²) in [4.78, 5) is 2.75. The van der Waals surface area contributed by atoms with E-state index in [1.165, 1.54) is 64.5 Å². The highest BCUT2D eigenvalue weighted by molar-refractivity contribution is 5.03. The molecule has 0 bridgehead atoms. The molecule has 0 heterocycles. The summed E-state index contributed by atoms with van der Waals surface area (Å²) in [6.07, 6.45) is 11.1. The molecule has 0 aromatic carbocycles. The van der Waals surface area contributed by atoms with Gasteiger partial charge in [-0.3, -0.25) is 4.90 Å². The number of nitrogens with zero attached hydrogens (tertiary/aromatic N) is 1. The van der Waals surface area contributed by atoms with Gasteiger partial charge in [0.05, 0.1) is 0 Å². The first-order chi connectivity index (χ1) is 9.25. The van der Waals surface area contributed by atoms with Crippen molar-refractivity contribution in [2.24, 2.45) is 0 Å². The Labute approximate surface area is 121 Å². The second kappa shape index (κ2) is 8.97. The first kappa shape index (κ1) is 17.0. The standard InChI is InChI=1S/C17H36N2/c1-5-9-10-13-16(18-6-2)17(14-11-12-15-17)19(7-3)8-4/h16,18H,5-15H2,1-4H3. The quantitative estimate of drug-likeness (QED) is 0.597. The highest BCUT2D eigenvalue weighted by atomic mass is 15.2. The fourth-order valence-corrected chi connectivity index (χ4v) is 4.13. The average Bonchev–Trinajstić information content (AvgIpc) is 2.90. The fourth-order valence-electron chi connectivity index (χ4n) is 4.13. The van der Waals surface area contributed by atoms with E-state index in [-0.39, 0.29) is 0 Å². The van der Waals surface area contributed by atoms with Gasteiger partial charge in [-0.15, -0.1) is 0 Å². The van der Waals surface area contributed by atoms with Crippen molar-refractivity contribution in [2.75, 3.05) is 19.6 Å². The molecule has 1 rings (SSSR count). The Bertz CT molecular complexity index is 217. The van der Waals surface area contributed by atoms with Gasteiger partial charge in [-0.25, -0.2) is 0 Å². The predicted octanol–water partition coefficient (Wildman–Crippen LogP) is 4.20. The predicted molar refractivity (Wildman–Crippen MR) is 85.7 cm³/mol. The van der Waals surface area contributed by atoms with Gasteiger partial charge in [0.2, 0.25) is 0 Å². The lowest BCUT2D eigenvalue weighted by molar-refractivity contribution is 0.0592. The van der Waals surface area contributed by atoms with Gasteiger partial charge in [0.15, 0.2) is 0 Å². The molecule has 0 aromatic rings. The zero-order valence-corrected chi connectivity index (χ0v) is 13.8. The van der Waals surface area contributed by atoms with Crippen LogP contribution in [0.1, 0.15) is 79.1 Å². The van der Waals surface area contributed by atoms with Crippen LogP contribution in [0.4, 0.5) is 0 Å². The summed E-state index contributed by atoms with van der Waals surface area (Å²) in [5, 5.41) is 3.83. The molecule has 19 heavy (non-hydrogen) atoms. The van der Waals surface area contributed by atoms with Gasteiger partial charge in [-0.05, 0) is 38.9 Å². The topological polar surface area (TPSA) is 15.3 Å². The van der Waals surface area contributed by atoms with Gasteiger partial charge in [-0.1, -0.05) is 59.8 Å². The normalized spacial score (nSPS) is 20.1. The molecule has 114 valence electrons. The van der Waals surface area contributed by atoms with Crippen LogP contribution >= 0.6 is 0 Å². The molecule has 0 spiro atoms. The van der Waals surface area contributed by atoms with Gasteiger partial charge in [0, 0.05) is 11.6 Å². The molecule has 1 aliphatic rings. The number of nitrogens with one attached hydrogen (secondary N) is 1. The summed E-state index contributed by atoms with van der Waals surface area (Å²) >= 11 is 0. The molecule has 1 N–H and O–H groups in total. The van der Waals surface area contributed by atoms with Crippen molar-refractivity contribution >= 4 is 0 Å². The Morgan fingerprint density at radius 2 is 1.63 bits per heavy atom. The third-order valence-corrected chi connectivity index (χ3v) is 5.06. The number of likely N-dealkylation sites (N-methyl/N-ethyl adjacent to an activating group) is 2. The maximum atomic E-state index is 3.83. The lowest BCUT2D eigenvalue weighted by atomic mass is 9.82. The van der Waals surface area contributed by atoms with Crippen LogP contribution in [0.5, 0.6) is 0 Å². The van der Waals surface area contributed by atoms with Crippen LogP contribution in [-0.4, -0.2) is 36.1 Å². The maximum absolute atomic E-state index is 3.83. The van der Waals surface area contributed by atoms with E-state index < -0.39 is 0 Å². The lowest BCUT2D eigenvalue weighted by Gasteiger charge is -2.47. The molecule has 1 atom stereocenters. The molecule has 0 amide bonds. The van der Waals surface area contributed by atoms with Crippen LogP contribution < -0.4 is 5.32 Å². The third kappa shape index (κ3) is 4.19. The van der Waals surface area contributed by atoms with Gasteiger partial charge >= 0.3 is 0 Å². The minimum atomic E-state index is 0.452. The molecule has 0 radical (unpaired) electrons. The van der Waals surface area contributed by atoms with E-state index in [4.69, 9.17) is 0 Å². The molecule has 0 aliphatic heterocycles. The zero-order valence-electron chi connectivity index (χ0n) is 13.8. The van der Waals surface area contributed by atoms with Gasteiger partial charge in [0.25, 0.3) is 0 Å². The molecule has 0 saturated heterocycles. The Morgan fingerprint density at radius 1 is 1.00 bits per heavy atom. The van der Waals surface area contributed by atoms with E-state index >= 15 is 0 Å². The number of hydrogen-bond acceptors (Lipinski definition) is 2. The monoisotopic (exact) mass is 268 g/mol. The van der Waals surface area contributed by atoms with E-state index in [1.54, 1.807) is 0 Å². The van der Waals surface area contributed by atoms with Crippen molar-refractivity contribution in [1.29, 1.82) is 0 Å². The maximum Gasteiger partial charge on any atom is 0.0362 e. The number of rotatable bonds is 10. The average molecular weight is 268 g/mol. The van der Waals surface area contributed by atoms with Crippen molar-refractivity contribution in [3.8, 4) is 0 Å². The highest BCUT2D eigenvalue weighted by Gasteiger charge is 2.43. The van der Waals surface area contributed by atoms with Gasteiger partial charge in [0.1, 0.15) is 0 Å². The highest BCUT2D eigenvalue weighted by Crippen LogP contribution is 2.39. The summed E-state index contributed by atoms with van der Waals surface area (Å²) in [7, 11) is 0. The molecule has 1 saturated carbocycles. The van der Waals surface area contributed by atoms with E-state index in [0.717, 1.165) is 6.54 Å². The van der Waals surface area contributed by atoms with Crippen LogP contribution in [0.3, 0.4) is 0 Å². The van der Waals surface area contributed by atoms with Gasteiger partial charge in [-0.2, -0.15) is 0 Å². The van der Waals surface area contributed by atoms with Crippen LogP contribution in [0, 0.1) is 0 Å². The van der Waals surface area contributed by atoms with E-state index in [2.05, 4.69) is 37.9 Å². The third-order valence-electron chi connectivity index (χ3n) is 5.06. The van der Waals surface area contributed by atoms with Crippen molar-refractivity contribution in [2.45, 2.75) is 90.6 Å². The second-order valence-electron chi connectivity index (χ2n) is 6.09. The summed E-state index contributed by atoms with van der Waals surface area (Å²) in [6.45, 7) is 12.7. The van der Waals surface area contributed by atoms with E-state index in [1.807, 2.05) is 0 Å². The van der Waals surface area contributed by atoms with Crippen LogP contribution in [0.2, 0.25) is 0 Å². The molecular weight excluding hydrogens is 232 g/mol. The molecule has 1 aliphatic carbocycles. The Balaban J connectivity index is 2.78. The minimum Gasteiger partial charge on any atom is -0.312 e. The van der Waals surface area contributed by atoms with E-state index in [9.17, 15) is 0 Å². The van der Waals surface area contributed by atoms with Crippen LogP contribution in [0.15, 0.2) is 0 Å². The van der Waals surface area contributed by atoms with Crippen LogP contribution in [0.25, 0.3) is 0 Å². The number of hydrogen-bond donors (Lipinski definition) is 1. The van der Waals surface area contributed by atoms with Crippen LogP contribution in [-0.2, 0) is 0 Å². The molecular formula is C17H36N2. The Morgan fingerprint density at radius 3 is 2.11 bits per heavy atom. The molecule has 2 nitrogen and oxygen atoms in total. The first-order valence-corrected chi connectivity index (χ1v) is 8.73. The van der Waals surface area contributed by atoms with E-state index in [0.29, 0.717) is 11.6 Å². The largest absolute Gasteiger partial charge is 0.312 e. The summed E-state index contributed by atoms with van der Waals surface area (Å²) in [5.41, 5.74) is 0.452. The van der Waals surface area contributed by atoms with Crippen molar-refractivity contribution in [3.05, 3.63) is 0 Å². The van der Waals surface area contributed by atoms with Gasteiger partial charge < -0.3 is 5.32 Å². The molecule has 2 heteroatoms. The molecule has 0 aromatic heterocycles. The minimum absolute atomic E-state index is 0.452. The lowest BCUT2D eigenvalue weighted by Crippen LogP contribution is -2.59. The smallest absolute Gasteiger partial charge is 0.0362 e. The molecule has 1 unspecified atom stereocenters. The number of unbranched alkanes of at least 4 members (excludes halogenated alkanes) is 2. The Kier molecular flexibility index (Phi) is 8.01. The summed E-state index contributed by atoms with van der Waals surface area (Å²) < 4.78 is 0. The van der Waals surface area contributed by atoms with Crippen molar-refractivity contribution < 1.29 is 0 Å². The zero-order chi connectivity index (χ0) is 14.1. The fraction of sp³-hybridized carbons (Fsp3) is 1.00. The summed E-state index contributed by atoms with van der Waals surface area (Å²) in [5.74, 6) is 0. The molecule has 1 fully saturated rings. The Hall–Kier alpha value is -0.0800.